The predicted molar refractivity (Wildman–Crippen MR) is 62.7 cm³/mol. The van der Waals surface area contributed by atoms with Crippen molar-refractivity contribution in [3.05, 3.63) is 59.4 Å². The van der Waals surface area contributed by atoms with Crippen LogP contribution in [0.3, 0.4) is 0 Å². The van der Waals surface area contributed by atoms with Crippen LogP contribution >= 0.6 is 0 Å². The molecule has 0 bridgehead atoms. The lowest BCUT2D eigenvalue weighted by molar-refractivity contribution is -0.137. The Balaban J connectivity index is 1.94. The zero-order valence-corrected chi connectivity index (χ0v) is 9.70. The van der Waals surface area contributed by atoms with Crippen molar-refractivity contribution in [2.24, 2.45) is 0 Å². The van der Waals surface area contributed by atoms with E-state index in [-0.39, 0.29) is 6.61 Å². The molecule has 0 saturated heterocycles. The number of ether oxygens (including phenoxy) is 1. The number of halogens is 3. The minimum Gasteiger partial charge on any atom is -0.489 e. The molecule has 18 heavy (non-hydrogen) atoms. The van der Waals surface area contributed by atoms with E-state index in [1.165, 1.54) is 12.1 Å². The summed E-state index contributed by atoms with van der Waals surface area (Å²) in [5.74, 6) is 0.779. The van der Waals surface area contributed by atoms with Gasteiger partial charge in [-0.05, 0) is 42.7 Å². The monoisotopic (exact) mass is 254 g/mol. The highest BCUT2D eigenvalue weighted by molar-refractivity contribution is 5.24. The van der Waals surface area contributed by atoms with Crippen LogP contribution in [0.2, 0.25) is 0 Å². The van der Waals surface area contributed by atoms with E-state index in [1.807, 2.05) is 18.2 Å². The van der Waals surface area contributed by atoms with Crippen molar-refractivity contribution in [3.63, 3.8) is 0 Å². The summed E-state index contributed by atoms with van der Waals surface area (Å²) in [4.78, 5) is 0. The van der Waals surface area contributed by atoms with Gasteiger partial charge >= 0.3 is 6.18 Å². The largest absolute Gasteiger partial charge is 0.489 e. The van der Waals surface area contributed by atoms with Crippen molar-refractivity contribution in [3.8, 4) is 0 Å². The normalized spacial score (nSPS) is 15.4. The lowest BCUT2D eigenvalue weighted by Gasteiger charge is -2.11. The highest BCUT2D eigenvalue weighted by Gasteiger charge is 2.29. The number of hydrogen-bond acceptors (Lipinski definition) is 1. The quantitative estimate of drug-likeness (QED) is 0.774. The summed E-state index contributed by atoms with van der Waals surface area (Å²) in [6, 6.07) is 5.03. The van der Waals surface area contributed by atoms with Gasteiger partial charge in [-0.15, -0.1) is 0 Å². The summed E-state index contributed by atoms with van der Waals surface area (Å²) in [5, 5.41) is 0. The van der Waals surface area contributed by atoms with Crippen LogP contribution in [0.5, 0.6) is 0 Å². The highest BCUT2D eigenvalue weighted by atomic mass is 19.4. The topological polar surface area (TPSA) is 9.23 Å². The maximum atomic E-state index is 12.3. The second-order valence-corrected chi connectivity index (χ2v) is 4.07. The van der Waals surface area contributed by atoms with Gasteiger partial charge in [-0.1, -0.05) is 18.2 Å². The molecule has 4 heteroatoms. The van der Waals surface area contributed by atoms with E-state index in [9.17, 15) is 13.2 Å². The Kier molecular flexibility index (Phi) is 3.75. The molecule has 0 aromatic heterocycles. The average molecular weight is 254 g/mol. The smallest absolute Gasteiger partial charge is 0.416 e. The third-order valence-corrected chi connectivity index (χ3v) is 2.65. The zero-order valence-electron chi connectivity index (χ0n) is 9.70. The first-order valence-corrected chi connectivity index (χ1v) is 5.71. The SMILES string of the molecule is FC(F)(F)c1ccc(COC2=CCCC=C2)cc1. The molecule has 0 fully saturated rings. The molecule has 0 spiro atoms. The second-order valence-electron chi connectivity index (χ2n) is 4.07. The third kappa shape index (κ3) is 3.39. The Labute approximate surface area is 104 Å². The summed E-state index contributed by atoms with van der Waals surface area (Å²) in [7, 11) is 0. The van der Waals surface area contributed by atoms with E-state index < -0.39 is 11.7 Å². The predicted octanol–water partition coefficient (Wildman–Crippen LogP) is 4.46. The lowest BCUT2D eigenvalue weighted by Crippen LogP contribution is -2.04. The Morgan fingerprint density at radius 1 is 1.06 bits per heavy atom. The second kappa shape index (κ2) is 5.29. The summed E-state index contributed by atoms with van der Waals surface area (Å²) in [6.45, 7) is 0.286. The van der Waals surface area contributed by atoms with Crippen molar-refractivity contribution in [1.29, 1.82) is 0 Å². The van der Waals surface area contributed by atoms with E-state index in [0.717, 1.165) is 36.3 Å². The van der Waals surface area contributed by atoms with Gasteiger partial charge in [0.1, 0.15) is 12.4 Å². The fraction of sp³-hybridized carbons (Fsp3) is 0.286. The van der Waals surface area contributed by atoms with Crippen molar-refractivity contribution in [2.75, 3.05) is 0 Å². The number of benzene rings is 1. The highest BCUT2D eigenvalue weighted by Crippen LogP contribution is 2.29. The number of alkyl halides is 3. The molecule has 0 radical (unpaired) electrons. The van der Waals surface area contributed by atoms with Gasteiger partial charge in [0.2, 0.25) is 0 Å². The lowest BCUT2D eigenvalue weighted by atomic mass is 10.1. The van der Waals surface area contributed by atoms with Crippen LogP contribution < -0.4 is 0 Å². The molecule has 2 rings (SSSR count). The first-order valence-electron chi connectivity index (χ1n) is 5.71. The molecule has 0 amide bonds. The van der Waals surface area contributed by atoms with Gasteiger partial charge in [0, 0.05) is 0 Å². The summed E-state index contributed by atoms with van der Waals surface area (Å²) >= 11 is 0. The first-order chi connectivity index (χ1) is 8.55. The van der Waals surface area contributed by atoms with E-state index in [4.69, 9.17) is 4.74 Å². The summed E-state index contributed by atoms with van der Waals surface area (Å²) in [5.41, 5.74) is 0.0888. The van der Waals surface area contributed by atoms with Gasteiger partial charge in [-0.3, -0.25) is 0 Å². The number of hydrogen-bond donors (Lipinski definition) is 0. The number of allylic oxidation sites excluding steroid dienone is 3. The van der Waals surface area contributed by atoms with Crippen molar-refractivity contribution < 1.29 is 17.9 Å². The van der Waals surface area contributed by atoms with Gasteiger partial charge in [0.25, 0.3) is 0 Å². The molecular formula is C14H13F3O. The molecule has 0 N–H and O–H groups in total. The first kappa shape index (κ1) is 12.7. The minimum absolute atomic E-state index is 0.286. The van der Waals surface area contributed by atoms with Crippen LogP contribution in [0.15, 0.2) is 48.3 Å². The van der Waals surface area contributed by atoms with Gasteiger partial charge < -0.3 is 4.74 Å². The Hall–Kier alpha value is -1.71. The fourth-order valence-electron chi connectivity index (χ4n) is 1.65. The van der Waals surface area contributed by atoms with Crippen molar-refractivity contribution >= 4 is 0 Å². The fourth-order valence-corrected chi connectivity index (χ4v) is 1.65. The molecular weight excluding hydrogens is 241 g/mol. The zero-order chi connectivity index (χ0) is 13.0. The molecule has 1 aliphatic carbocycles. The van der Waals surface area contributed by atoms with Gasteiger partial charge in [0.15, 0.2) is 0 Å². The van der Waals surface area contributed by atoms with Crippen LogP contribution in [-0.4, -0.2) is 0 Å². The molecule has 0 aliphatic heterocycles. The van der Waals surface area contributed by atoms with Crippen LogP contribution in [0.25, 0.3) is 0 Å². The number of rotatable bonds is 3. The van der Waals surface area contributed by atoms with Crippen LogP contribution in [0.1, 0.15) is 24.0 Å². The van der Waals surface area contributed by atoms with E-state index in [0.29, 0.717) is 0 Å². The molecule has 96 valence electrons. The molecule has 0 heterocycles. The molecule has 1 aromatic carbocycles. The van der Waals surface area contributed by atoms with E-state index in [1.54, 1.807) is 0 Å². The maximum absolute atomic E-state index is 12.3. The van der Waals surface area contributed by atoms with E-state index in [2.05, 4.69) is 0 Å². The van der Waals surface area contributed by atoms with Crippen molar-refractivity contribution in [1.82, 2.24) is 0 Å². The van der Waals surface area contributed by atoms with Crippen LogP contribution in [0.4, 0.5) is 13.2 Å². The van der Waals surface area contributed by atoms with Gasteiger partial charge in [-0.2, -0.15) is 13.2 Å². The maximum Gasteiger partial charge on any atom is 0.416 e. The summed E-state index contributed by atoms with van der Waals surface area (Å²) in [6.07, 6.45) is 3.54. The van der Waals surface area contributed by atoms with Crippen LogP contribution in [0, 0.1) is 0 Å². The standard InChI is InChI=1S/C14H13F3O/c15-14(16,17)12-8-6-11(7-9-12)10-18-13-4-2-1-3-5-13/h2,4-9H,1,3,10H2. The molecule has 1 aliphatic rings. The van der Waals surface area contributed by atoms with Crippen molar-refractivity contribution in [2.45, 2.75) is 25.6 Å². The third-order valence-electron chi connectivity index (χ3n) is 2.65. The Bertz CT molecular complexity index is 455. The van der Waals surface area contributed by atoms with E-state index >= 15 is 0 Å². The molecule has 0 unspecified atom stereocenters. The molecule has 1 nitrogen and oxygen atoms in total. The molecule has 1 aromatic rings. The average Bonchev–Trinajstić information content (AvgIpc) is 2.37. The minimum atomic E-state index is -4.28. The Morgan fingerprint density at radius 2 is 1.78 bits per heavy atom. The van der Waals surface area contributed by atoms with Gasteiger partial charge in [0.05, 0.1) is 5.56 Å². The molecule has 0 saturated carbocycles. The van der Waals surface area contributed by atoms with Crippen LogP contribution in [-0.2, 0) is 17.5 Å². The van der Waals surface area contributed by atoms with Gasteiger partial charge in [-0.25, -0.2) is 0 Å². The Morgan fingerprint density at radius 3 is 2.33 bits per heavy atom. The molecule has 0 atom stereocenters. The summed E-state index contributed by atoms with van der Waals surface area (Å²) < 4.78 is 42.5.